The Labute approximate surface area is 91.8 Å². The summed E-state index contributed by atoms with van der Waals surface area (Å²) in [6.07, 6.45) is 5.00. The van der Waals surface area contributed by atoms with Gasteiger partial charge in [-0.25, -0.2) is 9.97 Å². The third-order valence-corrected chi connectivity index (χ3v) is 2.60. The molecule has 74 valence electrons. The van der Waals surface area contributed by atoms with Gasteiger partial charge >= 0.3 is 0 Å². The highest BCUT2D eigenvalue weighted by Gasteiger charge is 2.16. The standard InChI is InChI=1S/C10H12BrN3/c1-7(11)5-12-10-8-3-2-4-9(8)13-6-14-10/h6H,1-5H2,(H,12,13,14). The van der Waals surface area contributed by atoms with Crippen molar-refractivity contribution in [3.8, 4) is 0 Å². The van der Waals surface area contributed by atoms with Crippen molar-refractivity contribution in [3.05, 3.63) is 28.6 Å². The monoisotopic (exact) mass is 253 g/mol. The van der Waals surface area contributed by atoms with E-state index in [1.807, 2.05) is 0 Å². The number of aryl methyl sites for hydroxylation is 1. The van der Waals surface area contributed by atoms with E-state index in [9.17, 15) is 0 Å². The number of nitrogens with one attached hydrogen (secondary N) is 1. The molecule has 0 bridgehead atoms. The molecule has 0 radical (unpaired) electrons. The van der Waals surface area contributed by atoms with Crippen molar-refractivity contribution in [2.45, 2.75) is 19.3 Å². The molecule has 1 aromatic rings. The van der Waals surface area contributed by atoms with E-state index in [2.05, 4.69) is 37.8 Å². The molecule has 1 heterocycles. The van der Waals surface area contributed by atoms with Crippen LogP contribution in [-0.2, 0) is 12.8 Å². The van der Waals surface area contributed by atoms with Gasteiger partial charge in [-0.1, -0.05) is 22.5 Å². The molecule has 3 nitrogen and oxygen atoms in total. The SMILES string of the molecule is C=C(Br)CNc1ncnc2c1CCC2. The predicted octanol–water partition coefficient (Wildman–Crippen LogP) is 2.29. The van der Waals surface area contributed by atoms with Crippen LogP contribution >= 0.6 is 15.9 Å². The Morgan fingerprint density at radius 1 is 1.50 bits per heavy atom. The van der Waals surface area contributed by atoms with Crippen LogP contribution in [0, 0.1) is 0 Å². The van der Waals surface area contributed by atoms with Crippen molar-refractivity contribution in [3.63, 3.8) is 0 Å². The van der Waals surface area contributed by atoms with Gasteiger partial charge in [-0.05, 0) is 19.3 Å². The zero-order valence-corrected chi connectivity index (χ0v) is 9.47. The lowest BCUT2D eigenvalue weighted by Gasteiger charge is -2.08. The summed E-state index contributed by atoms with van der Waals surface area (Å²) < 4.78 is 0.933. The number of aromatic nitrogens is 2. The van der Waals surface area contributed by atoms with E-state index < -0.39 is 0 Å². The fraction of sp³-hybridized carbons (Fsp3) is 0.400. The highest BCUT2D eigenvalue weighted by atomic mass is 79.9. The van der Waals surface area contributed by atoms with Crippen LogP contribution in [0.3, 0.4) is 0 Å². The molecule has 0 unspecified atom stereocenters. The number of anilines is 1. The van der Waals surface area contributed by atoms with Crippen LogP contribution in [0.2, 0.25) is 0 Å². The van der Waals surface area contributed by atoms with E-state index in [4.69, 9.17) is 0 Å². The zero-order chi connectivity index (χ0) is 9.97. The Kier molecular flexibility index (Phi) is 2.82. The van der Waals surface area contributed by atoms with Gasteiger partial charge in [-0.2, -0.15) is 0 Å². The molecule has 0 aliphatic heterocycles. The van der Waals surface area contributed by atoms with Crippen LogP contribution in [0.25, 0.3) is 0 Å². The van der Waals surface area contributed by atoms with Gasteiger partial charge in [0, 0.05) is 22.3 Å². The van der Waals surface area contributed by atoms with Gasteiger partial charge in [0.1, 0.15) is 12.1 Å². The van der Waals surface area contributed by atoms with E-state index >= 15 is 0 Å². The minimum absolute atomic E-state index is 0.712. The molecule has 0 saturated carbocycles. The lowest BCUT2D eigenvalue weighted by molar-refractivity contribution is 0.899. The number of fused-ring (bicyclic) bond motifs is 1. The molecule has 14 heavy (non-hydrogen) atoms. The van der Waals surface area contributed by atoms with Gasteiger partial charge in [0.2, 0.25) is 0 Å². The predicted molar refractivity (Wildman–Crippen MR) is 60.6 cm³/mol. The van der Waals surface area contributed by atoms with Crippen LogP contribution in [0.1, 0.15) is 17.7 Å². The van der Waals surface area contributed by atoms with Crippen LogP contribution in [0.4, 0.5) is 5.82 Å². The second-order valence-corrected chi connectivity index (χ2v) is 4.49. The maximum Gasteiger partial charge on any atom is 0.133 e. The molecule has 1 aromatic heterocycles. The molecular weight excluding hydrogens is 242 g/mol. The van der Waals surface area contributed by atoms with Crippen molar-refractivity contribution in [2.24, 2.45) is 0 Å². The van der Waals surface area contributed by atoms with Gasteiger partial charge in [0.15, 0.2) is 0 Å². The van der Waals surface area contributed by atoms with Crippen molar-refractivity contribution >= 4 is 21.7 Å². The normalized spacial score (nSPS) is 13.8. The highest BCUT2D eigenvalue weighted by Crippen LogP contribution is 2.25. The Hall–Kier alpha value is -0.900. The minimum Gasteiger partial charge on any atom is -0.365 e. The maximum atomic E-state index is 4.26. The van der Waals surface area contributed by atoms with Gasteiger partial charge in [0.25, 0.3) is 0 Å². The number of rotatable bonds is 3. The average molecular weight is 254 g/mol. The first-order valence-electron chi connectivity index (χ1n) is 4.67. The molecule has 0 saturated heterocycles. The quantitative estimate of drug-likeness (QED) is 0.899. The van der Waals surface area contributed by atoms with E-state index in [-0.39, 0.29) is 0 Å². The molecule has 0 amide bonds. The summed E-state index contributed by atoms with van der Waals surface area (Å²) in [4.78, 5) is 8.50. The summed E-state index contributed by atoms with van der Waals surface area (Å²) in [7, 11) is 0. The smallest absolute Gasteiger partial charge is 0.133 e. The average Bonchev–Trinajstić information content (AvgIpc) is 2.62. The van der Waals surface area contributed by atoms with Crippen LogP contribution in [0.15, 0.2) is 17.4 Å². The maximum absolute atomic E-state index is 4.26. The topological polar surface area (TPSA) is 37.8 Å². The Morgan fingerprint density at radius 2 is 2.36 bits per heavy atom. The Morgan fingerprint density at radius 3 is 3.14 bits per heavy atom. The molecule has 0 atom stereocenters. The third kappa shape index (κ3) is 1.95. The molecule has 1 aliphatic rings. The van der Waals surface area contributed by atoms with Crippen molar-refractivity contribution in [1.82, 2.24) is 9.97 Å². The fourth-order valence-corrected chi connectivity index (χ4v) is 1.83. The summed E-state index contributed by atoms with van der Waals surface area (Å²) >= 11 is 3.31. The summed E-state index contributed by atoms with van der Waals surface area (Å²) in [5, 5.41) is 3.25. The molecule has 1 aliphatic carbocycles. The van der Waals surface area contributed by atoms with Crippen molar-refractivity contribution in [1.29, 1.82) is 0 Å². The molecule has 0 aromatic carbocycles. The molecule has 1 N–H and O–H groups in total. The van der Waals surface area contributed by atoms with Crippen LogP contribution in [0.5, 0.6) is 0 Å². The molecular formula is C10H12BrN3. The Balaban J connectivity index is 2.17. The summed E-state index contributed by atoms with van der Waals surface area (Å²) in [6, 6.07) is 0. The molecule has 0 fully saturated rings. The van der Waals surface area contributed by atoms with Crippen molar-refractivity contribution in [2.75, 3.05) is 11.9 Å². The van der Waals surface area contributed by atoms with E-state index in [1.54, 1.807) is 6.33 Å². The first kappa shape index (κ1) is 9.65. The Bertz CT molecular complexity index is 362. The first-order valence-corrected chi connectivity index (χ1v) is 5.46. The number of nitrogens with zero attached hydrogens (tertiary/aromatic N) is 2. The zero-order valence-electron chi connectivity index (χ0n) is 7.89. The number of halogens is 1. The fourth-order valence-electron chi connectivity index (χ4n) is 1.69. The lowest BCUT2D eigenvalue weighted by Crippen LogP contribution is -2.06. The molecule has 2 rings (SSSR count). The van der Waals surface area contributed by atoms with Crippen LogP contribution in [-0.4, -0.2) is 16.5 Å². The third-order valence-electron chi connectivity index (χ3n) is 2.32. The van der Waals surface area contributed by atoms with E-state index in [0.717, 1.165) is 23.1 Å². The molecule has 0 spiro atoms. The second-order valence-electron chi connectivity index (χ2n) is 3.37. The number of hydrogen-bond acceptors (Lipinski definition) is 3. The second kappa shape index (κ2) is 4.09. The largest absolute Gasteiger partial charge is 0.365 e. The lowest BCUT2D eigenvalue weighted by atomic mass is 10.2. The van der Waals surface area contributed by atoms with Gasteiger partial charge < -0.3 is 5.32 Å². The van der Waals surface area contributed by atoms with Crippen molar-refractivity contribution < 1.29 is 0 Å². The van der Waals surface area contributed by atoms with Gasteiger partial charge in [-0.3, -0.25) is 0 Å². The summed E-state index contributed by atoms with van der Waals surface area (Å²) in [5.41, 5.74) is 2.48. The number of hydrogen-bond donors (Lipinski definition) is 1. The van der Waals surface area contributed by atoms with Gasteiger partial charge in [-0.15, -0.1) is 0 Å². The minimum atomic E-state index is 0.712. The summed E-state index contributed by atoms with van der Waals surface area (Å²) in [5.74, 6) is 0.966. The first-order chi connectivity index (χ1) is 6.77. The van der Waals surface area contributed by atoms with E-state index in [1.165, 1.54) is 17.7 Å². The van der Waals surface area contributed by atoms with Gasteiger partial charge in [0.05, 0.1) is 0 Å². The van der Waals surface area contributed by atoms with E-state index in [0.29, 0.717) is 6.54 Å². The highest BCUT2D eigenvalue weighted by molar-refractivity contribution is 9.11. The molecule has 4 heteroatoms. The summed E-state index contributed by atoms with van der Waals surface area (Å²) in [6.45, 7) is 4.49. The van der Waals surface area contributed by atoms with Crippen LogP contribution < -0.4 is 5.32 Å².